The van der Waals surface area contributed by atoms with Crippen LogP contribution >= 0.6 is 0 Å². The summed E-state index contributed by atoms with van der Waals surface area (Å²) in [7, 11) is 0. The van der Waals surface area contributed by atoms with E-state index in [1.807, 2.05) is 24.3 Å². The second kappa shape index (κ2) is 2.96. The summed E-state index contributed by atoms with van der Waals surface area (Å²) in [6.07, 6.45) is 1.02. The van der Waals surface area contributed by atoms with Crippen LogP contribution in [0.5, 0.6) is 0 Å². The van der Waals surface area contributed by atoms with Crippen LogP contribution in [0.1, 0.15) is 35.2 Å². The first-order valence-electron chi connectivity index (χ1n) is 4.55. The van der Waals surface area contributed by atoms with Gasteiger partial charge in [0.1, 0.15) is 0 Å². The van der Waals surface area contributed by atoms with Gasteiger partial charge in [-0.2, -0.15) is 0 Å². The van der Waals surface area contributed by atoms with Crippen molar-refractivity contribution >= 4 is 5.78 Å². The van der Waals surface area contributed by atoms with Crippen LogP contribution in [0.3, 0.4) is 0 Å². The molecule has 0 aromatic heterocycles. The molecule has 2 N–H and O–H groups in total. The van der Waals surface area contributed by atoms with Crippen molar-refractivity contribution in [1.82, 2.24) is 0 Å². The van der Waals surface area contributed by atoms with Crippen molar-refractivity contribution in [2.45, 2.75) is 25.3 Å². The normalized spacial score (nSPS) is 25.7. The molecule has 68 valence electrons. The molecule has 1 aliphatic rings. The van der Waals surface area contributed by atoms with Crippen LogP contribution in [-0.4, -0.2) is 11.8 Å². The second-order valence-electron chi connectivity index (χ2n) is 3.65. The van der Waals surface area contributed by atoms with Crippen molar-refractivity contribution in [2.75, 3.05) is 0 Å². The molecule has 0 saturated heterocycles. The van der Waals surface area contributed by atoms with E-state index in [4.69, 9.17) is 5.73 Å². The Morgan fingerprint density at radius 3 is 2.62 bits per heavy atom. The molecular weight excluding hydrogens is 162 g/mol. The molecule has 1 aliphatic carbocycles. The minimum absolute atomic E-state index is 0.134. The maximum absolute atomic E-state index is 11.3. The number of benzene rings is 1. The molecule has 0 radical (unpaired) electrons. The van der Waals surface area contributed by atoms with Crippen molar-refractivity contribution in [3.63, 3.8) is 0 Å². The number of Topliss-reactive ketones (excluding diaryl/α,β-unsaturated/α-hetero) is 1. The Morgan fingerprint density at radius 2 is 2.08 bits per heavy atom. The number of ketones is 1. The summed E-state index contributed by atoms with van der Waals surface area (Å²) in [4.78, 5) is 11.3. The van der Waals surface area contributed by atoms with Crippen molar-refractivity contribution in [1.29, 1.82) is 0 Å². The zero-order valence-corrected chi connectivity index (χ0v) is 7.66. The molecule has 2 heteroatoms. The average molecular weight is 175 g/mol. The number of carbonyl (C=O) groups is 1. The third kappa shape index (κ3) is 1.49. The molecule has 13 heavy (non-hydrogen) atoms. The predicted octanol–water partition coefficient (Wildman–Crippen LogP) is 1.70. The molecule has 0 bridgehead atoms. The first-order chi connectivity index (χ1) is 6.20. The van der Waals surface area contributed by atoms with Crippen LogP contribution < -0.4 is 5.73 Å². The molecule has 1 saturated carbocycles. The molecule has 1 fully saturated rings. The zero-order valence-electron chi connectivity index (χ0n) is 7.66. The third-order valence-corrected chi connectivity index (χ3v) is 2.58. The Morgan fingerprint density at radius 1 is 1.46 bits per heavy atom. The molecule has 0 heterocycles. The van der Waals surface area contributed by atoms with Crippen LogP contribution in [0.4, 0.5) is 0 Å². The molecule has 0 amide bonds. The van der Waals surface area contributed by atoms with E-state index < -0.39 is 0 Å². The van der Waals surface area contributed by atoms with E-state index in [0.717, 1.165) is 17.5 Å². The Balaban J connectivity index is 2.38. The summed E-state index contributed by atoms with van der Waals surface area (Å²) >= 11 is 0. The fourth-order valence-corrected chi connectivity index (χ4v) is 1.71. The van der Waals surface area contributed by atoms with E-state index >= 15 is 0 Å². The van der Waals surface area contributed by atoms with E-state index in [2.05, 4.69) is 0 Å². The lowest BCUT2D eigenvalue weighted by Crippen LogP contribution is -2.04. The Kier molecular flexibility index (Phi) is 1.93. The third-order valence-electron chi connectivity index (χ3n) is 2.58. The number of rotatable bonds is 2. The number of hydrogen-bond donors (Lipinski definition) is 1. The maximum Gasteiger partial charge on any atom is 0.160 e. The van der Waals surface area contributed by atoms with Gasteiger partial charge < -0.3 is 5.73 Å². The Hall–Kier alpha value is -1.15. The van der Waals surface area contributed by atoms with Gasteiger partial charge in [-0.25, -0.2) is 0 Å². The molecule has 0 aliphatic heterocycles. The minimum atomic E-state index is 0.134. The fraction of sp³-hybridized carbons (Fsp3) is 0.364. The maximum atomic E-state index is 11.3. The van der Waals surface area contributed by atoms with E-state index in [1.54, 1.807) is 6.92 Å². The summed E-state index contributed by atoms with van der Waals surface area (Å²) in [6, 6.07) is 8.01. The molecule has 2 nitrogen and oxygen atoms in total. The standard InChI is InChI=1S/C11H13NO/c1-7(13)8-4-2-3-5-9(8)10-6-11(10)12/h2-5,10-11H,6,12H2,1H3/t10-,11+/m0/s1. The molecule has 2 atom stereocenters. The largest absolute Gasteiger partial charge is 0.327 e. The average Bonchev–Trinajstić information content (AvgIpc) is 2.82. The van der Waals surface area contributed by atoms with Crippen LogP contribution in [0, 0.1) is 0 Å². The number of carbonyl (C=O) groups excluding carboxylic acids is 1. The van der Waals surface area contributed by atoms with E-state index in [9.17, 15) is 4.79 Å². The van der Waals surface area contributed by atoms with Crippen molar-refractivity contribution in [2.24, 2.45) is 5.73 Å². The van der Waals surface area contributed by atoms with Crippen LogP contribution in [-0.2, 0) is 0 Å². The fourth-order valence-electron chi connectivity index (χ4n) is 1.71. The Labute approximate surface area is 77.8 Å². The van der Waals surface area contributed by atoms with Gasteiger partial charge in [0.25, 0.3) is 0 Å². The second-order valence-corrected chi connectivity index (χ2v) is 3.65. The topological polar surface area (TPSA) is 43.1 Å². The summed E-state index contributed by atoms with van der Waals surface area (Å²) in [5, 5.41) is 0. The highest BCUT2D eigenvalue weighted by atomic mass is 16.1. The molecular formula is C11H13NO. The minimum Gasteiger partial charge on any atom is -0.327 e. The molecule has 1 aromatic carbocycles. The highest BCUT2D eigenvalue weighted by Crippen LogP contribution is 2.40. The van der Waals surface area contributed by atoms with E-state index in [1.165, 1.54) is 0 Å². The van der Waals surface area contributed by atoms with Gasteiger partial charge in [0.15, 0.2) is 5.78 Å². The zero-order chi connectivity index (χ0) is 9.42. The monoisotopic (exact) mass is 175 g/mol. The smallest absolute Gasteiger partial charge is 0.160 e. The van der Waals surface area contributed by atoms with Gasteiger partial charge in [-0.15, -0.1) is 0 Å². The SMILES string of the molecule is CC(=O)c1ccccc1[C@@H]1C[C@H]1N. The van der Waals surface area contributed by atoms with Gasteiger partial charge in [-0.3, -0.25) is 4.79 Å². The molecule has 0 unspecified atom stereocenters. The van der Waals surface area contributed by atoms with E-state index in [0.29, 0.717) is 5.92 Å². The number of hydrogen-bond acceptors (Lipinski definition) is 2. The van der Waals surface area contributed by atoms with Gasteiger partial charge in [0, 0.05) is 17.5 Å². The van der Waals surface area contributed by atoms with Gasteiger partial charge in [-0.05, 0) is 18.9 Å². The first-order valence-corrected chi connectivity index (χ1v) is 4.55. The first kappa shape index (κ1) is 8.45. The van der Waals surface area contributed by atoms with Crippen molar-refractivity contribution in [3.05, 3.63) is 35.4 Å². The summed E-state index contributed by atoms with van der Waals surface area (Å²) in [5.41, 5.74) is 7.72. The lowest BCUT2D eigenvalue weighted by atomic mass is 10.0. The summed E-state index contributed by atoms with van der Waals surface area (Å²) in [5.74, 6) is 0.551. The summed E-state index contributed by atoms with van der Waals surface area (Å²) in [6.45, 7) is 1.60. The van der Waals surface area contributed by atoms with Crippen LogP contribution in [0.25, 0.3) is 0 Å². The number of nitrogens with two attached hydrogens (primary N) is 1. The summed E-state index contributed by atoms with van der Waals surface area (Å²) < 4.78 is 0. The quantitative estimate of drug-likeness (QED) is 0.695. The predicted molar refractivity (Wildman–Crippen MR) is 51.8 cm³/mol. The van der Waals surface area contributed by atoms with Gasteiger partial charge in [0.2, 0.25) is 0 Å². The highest BCUT2D eigenvalue weighted by molar-refractivity contribution is 5.95. The van der Waals surface area contributed by atoms with Crippen LogP contribution in [0.15, 0.2) is 24.3 Å². The van der Waals surface area contributed by atoms with Crippen molar-refractivity contribution < 1.29 is 4.79 Å². The Bertz CT molecular complexity index is 346. The lowest BCUT2D eigenvalue weighted by molar-refractivity contribution is 0.101. The molecule has 1 aromatic rings. The van der Waals surface area contributed by atoms with Gasteiger partial charge in [0.05, 0.1) is 0 Å². The highest BCUT2D eigenvalue weighted by Gasteiger charge is 2.36. The lowest BCUT2D eigenvalue weighted by Gasteiger charge is -2.04. The molecule has 0 spiro atoms. The molecule has 2 rings (SSSR count). The van der Waals surface area contributed by atoms with Gasteiger partial charge >= 0.3 is 0 Å². The van der Waals surface area contributed by atoms with E-state index in [-0.39, 0.29) is 11.8 Å². The van der Waals surface area contributed by atoms with Crippen molar-refractivity contribution in [3.8, 4) is 0 Å². The van der Waals surface area contributed by atoms with Gasteiger partial charge in [-0.1, -0.05) is 24.3 Å². The van der Waals surface area contributed by atoms with Crippen LogP contribution in [0.2, 0.25) is 0 Å².